The number of halogens is 2. The molecule has 2 rings (SSSR count). The number of hydrogen-bond acceptors (Lipinski definition) is 2. The average Bonchev–Trinajstić information content (AvgIpc) is 2.45. The van der Waals surface area contributed by atoms with Gasteiger partial charge in [-0.3, -0.25) is 0 Å². The molecule has 0 bridgehead atoms. The van der Waals surface area contributed by atoms with E-state index < -0.39 is 17.0 Å². The fraction of sp³-hybridized carbons (Fsp3) is 0.250. The van der Waals surface area contributed by atoms with Crippen LogP contribution >= 0.6 is 0 Å². The van der Waals surface area contributed by atoms with Gasteiger partial charge in [-0.15, -0.1) is 0 Å². The van der Waals surface area contributed by atoms with E-state index in [0.29, 0.717) is 5.56 Å². The molecule has 1 atom stereocenters. The van der Waals surface area contributed by atoms with Crippen molar-refractivity contribution >= 4 is 0 Å². The van der Waals surface area contributed by atoms with Gasteiger partial charge in [-0.25, -0.2) is 8.78 Å². The summed E-state index contributed by atoms with van der Waals surface area (Å²) in [6, 6.07) is 12.7. The summed E-state index contributed by atoms with van der Waals surface area (Å²) in [6.07, 6.45) is 0.276. The maximum Gasteiger partial charge on any atom is 0.126 e. The van der Waals surface area contributed by atoms with Crippen LogP contribution < -0.4 is 5.73 Å². The molecule has 106 valence electrons. The summed E-state index contributed by atoms with van der Waals surface area (Å²) in [5.74, 6) is -1.26. The first kappa shape index (κ1) is 14.6. The lowest BCUT2D eigenvalue weighted by Gasteiger charge is -2.31. The van der Waals surface area contributed by atoms with Crippen LogP contribution in [0.25, 0.3) is 0 Å². The molecule has 0 aliphatic heterocycles. The zero-order valence-electron chi connectivity index (χ0n) is 11.0. The Hall–Kier alpha value is -1.78. The Morgan fingerprint density at radius 3 is 2.10 bits per heavy atom. The van der Waals surface area contributed by atoms with Crippen LogP contribution in [0, 0.1) is 11.6 Å². The van der Waals surface area contributed by atoms with Crippen LogP contribution in [0.1, 0.15) is 11.1 Å². The van der Waals surface area contributed by atoms with Crippen LogP contribution in [0.3, 0.4) is 0 Å². The quantitative estimate of drug-likeness (QED) is 0.881. The van der Waals surface area contributed by atoms with Crippen molar-refractivity contribution in [2.45, 2.75) is 11.8 Å². The maximum atomic E-state index is 13.3. The third-order valence-corrected chi connectivity index (χ3v) is 3.54. The van der Waals surface area contributed by atoms with Crippen LogP contribution in [-0.2, 0) is 11.8 Å². The smallest absolute Gasteiger partial charge is 0.126 e. The van der Waals surface area contributed by atoms with Gasteiger partial charge in [0.1, 0.15) is 11.6 Å². The van der Waals surface area contributed by atoms with Crippen LogP contribution in [0.2, 0.25) is 0 Å². The molecule has 0 saturated heterocycles. The van der Waals surface area contributed by atoms with Crippen molar-refractivity contribution in [1.82, 2.24) is 0 Å². The predicted molar refractivity (Wildman–Crippen MR) is 74.3 cm³/mol. The van der Waals surface area contributed by atoms with Gasteiger partial charge in [0.05, 0.1) is 6.61 Å². The van der Waals surface area contributed by atoms with Crippen molar-refractivity contribution in [2.75, 3.05) is 13.2 Å². The number of benzene rings is 2. The van der Waals surface area contributed by atoms with Crippen LogP contribution in [-0.4, -0.2) is 18.3 Å². The predicted octanol–water partition coefficient (Wildman–Crippen LogP) is 2.40. The second-order valence-electron chi connectivity index (χ2n) is 4.96. The molecule has 1 unspecified atom stereocenters. The van der Waals surface area contributed by atoms with Crippen LogP contribution in [0.15, 0.2) is 48.5 Å². The molecule has 0 fully saturated rings. The van der Waals surface area contributed by atoms with E-state index >= 15 is 0 Å². The van der Waals surface area contributed by atoms with Gasteiger partial charge in [0.2, 0.25) is 0 Å². The van der Waals surface area contributed by atoms with E-state index in [-0.39, 0.29) is 19.6 Å². The zero-order valence-corrected chi connectivity index (χ0v) is 11.0. The normalized spacial score (nSPS) is 14.0. The van der Waals surface area contributed by atoms with Gasteiger partial charge in [0.25, 0.3) is 0 Å². The van der Waals surface area contributed by atoms with Gasteiger partial charge in [-0.05, 0) is 29.7 Å². The molecule has 0 aliphatic rings. The second-order valence-corrected chi connectivity index (χ2v) is 4.96. The van der Waals surface area contributed by atoms with Crippen molar-refractivity contribution in [2.24, 2.45) is 5.73 Å². The molecular weight excluding hydrogens is 260 g/mol. The summed E-state index contributed by atoms with van der Waals surface area (Å²) < 4.78 is 26.6. The molecule has 2 aromatic carbocycles. The summed E-state index contributed by atoms with van der Waals surface area (Å²) in [4.78, 5) is 0. The van der Waals surface area contributed by atoms with E-state index in [0.717, 1.165) is 11.6 Å². The molecule has 4 heteroatoms. The number of aliphatic hydroxyl groups excluding tert-OH is 1. The molecule has 0 amide bonds. The molecule has 0 heterocycles. The first-order chi connectivity index (χ1) is 9.59. The SMILES string of the molecule is NCC(CO)(Cc1cc(F)cc(F)c1)c1ccccc1. The van der Waals surface area contributed by atoms with E-state index in [1.54, 1.807) is 0 Å². The summed E-state index contributed by atoms with van der Waals surface area (Å²) in [5, 5.41) is 9.76. The monoisotopic (exact) mass is 277 g/mol. The zero-order chi connectivity index (χ0) is 14.6. The topological polar surface area (TPSA) is 46.2 Å². The molecule has 0 saturated carbocycles. The average molecular weight is 277 g/mol. The summed E-state index contributed by atoms with van der Waals surface area (Å²) >= 11 is 0. The number of rotatable bonds is 5. The van der Waals surface area contributed by atoms with Crippen LogP contribution in [0.4, 0.5) is 8.78 Å². The van der Waals surface area contributed by atoms with Crippen molar-refractivity contribution in [3.63, 3.8) is 0 Å². The minimum Gasteiger partial charge on any atom is -0.395 e. The minimum atomic E-state index is -0.735. The van der Waals surface area contributed by atoms with Crippen molar-refractivity contribution < 1.29 is 13.9 Å². The van der Waals surface area contributed by atoms with Gasteiger partial charge >= 0.3 is 0 Å². The lowest BCUT2D eigenvalue weighted by molar-refractivity contribution is 0.196. The molecule has 0 spiro atoms. The Balaban J connectivity index is 2.39. The van der Waals surface area contributed by atoms with Gasteiger partial charge < -0.3 is 10.8 Å². The first-order valence-electron chi connectivity index (χ1n) is 6.41. The highest BCUT2D eigenvalue weighted by atomic mass is 19.1. The lowest BCUT2D eigenvalue weighted by Crippen LogP contribution is -2.41. The minimum absolute atomic E-state index is 0.186. The molecule has 0 aromatic heterocycles. The fourth-order valence-electron chi connectivity index (χ4n) is 2.40. The Kier molecular flexibility index (Phi) is 4.47. The van der Waals surface area contributed by atoms with E-state index in [9.17, 15) is 13.9 Å². The molecule has 2 nitrogen and oxygen atoms in total. The highest BCUT2D eigenvalue weighted by Gasteiger charge is 2.30. The van der Waals surface area contributed by atoms with Gasteiger partial charge in [0, 0.05) is 18.0 Å². The molecule has 0 aliphatic carbocycles. The summed E-state index contributed by atoms with van der Waals surface area (Å²) in [7, 11) is 0. The lowest BCUT2D eigenvalue weighted by atomic mass is 9.76. The van der Waals surface area contributed by atoms with Crippen molar-refractivity contribution in [1.29, 1.82) is 0 Å². The number of hydrogen-bond donors (Lipinski definition) is 2. The summed E-state index contributed by atoms with van der Waals surface area (Å²) in [6.45, 7) is -0.00269. The highest BCUT2D eigenvalue weighted by Crippen LogP contribution is 2.28. The van der Waals surface area contributed by atoms with Crippen molar-refractivity contribution in [3.05, 3.63) is 71.3 Å². The van der Waals surface area contributed by atoms with Crippen molar-refractivity contribution in [3.8, 4) is 0 Å². The van der Waals surface area contributed by atoms with E-state index in [1.807, 2.05) is 30.3 Å². The maximum absolute atomic E-state index is 13.3. The van der Waals surface area contributed by atoms with E-state index in [4.69, 9.17) is 5.73 Å². The Bertz CT molecular complexity index is 548. The standard InChI is InChI=1S/C16H17F2NO/c17-14-6-12(7-15(18)8-14)9-16(10-19,11-20)13-4-2-1-3-5-13/h1-8,20H,9-11,19H2. The third-order valence-electron chi connectivity index (χ3n) is 3.54. The van der Waals surface area contributed by atoms with Gasteiger partial charge in [-0.2, -0.15) is 0 Å². The molecule has 2 aromatic rings. The van der Waals surface area contributed by atoms with Crippen LogP contribution in [0.5, 0.6) is 0 Å². The third kappa shape index (κ3) is 3.03. The number of nitrogens with two attached hydrogens (primary N) is 1. The van der Waals surface area contributed by atoms with Gasteiger partial charge in [0.15, 0.2) is 0 Å². The first-order valence-corrected chi connectivity index (χ1v) is 6.41. The second kappa shape index (κ2) is 6.11. The molecule has 3 N–H and O–H groups in total. The number of aliphatic hydroxyl groups is 1. The van der Waals surface area contributed by atoms with E-state index in [1.165, 1.54) is 12.1 Å². The Labute approximate surface area is 116 Å². The highest BCUT2D eigenvalue weighted by molar-refractivity contribution is 5.31. The Morgan fingerprint density at radius 1 is 1.00 bits per heavy atom. The molecular formula is C16H17F2NO. The molecule has 20 heavy (non-hydrogen) atoms. The van der Waals surface area contributed by atoms with E-state index in [2.05, 4.69) is 0 Å². The molecule has 0 radical (unpaired) electrons. The largest absolute Gasteiger partial charge is 0.395 e. The Morgan fingerprint density at radius 2 is 1.60 bits per heavy atom. The fourth-order valence-corrected chi connectivity index (χ4v) is 2.40. The van der Waals surface area contributed by atoms with Gasteiger partial charge in [-0.1, -0.05) is 30.3 Å². The summed E-state index contributed by atoms with van der Waals surface area (Å²) in [5.41, 5.74) is 6.43.